The Balaban J connectivity index is 1.94. The van der Waals surface area contributed by atoms with E-state index in [9.17, 15) is 18.0 Å². The van der Waals surface area contributed by atoms with E-state index < -0.39 is 34.4 Å². The molecule has 1 heterocycles. The van der Waals surface area contributed by atoms with E-state index in [4.69, 9.17) is 14.6 Å². The number of rotatable bonds is 6. The molecular formula is C16H17NO7S. The van der Waals surface area contributed by atoms with Gasteiger partial charge in [-0.3, -0.25) is 9.59 Å². The van der Waals surface area contributed by atoms with Crippen molar-refractivity contribution in [1.29, 1.82) is 0 Å². The molecule has 0 spiro atoms. The molecule has 1 aliphatic carbocycles. The van der Waals surface area contributed by atoms with Gasteiger partial charge in [0.05, 0.1) is 11.3 Å². The highest BCUT2D eigenvalue weighted by Gasteiger charge is 2.28. The Morgan fingerprint density at radius 2 is 1.92 bits per heavy atom. The lowest BCUT2D eigenvalue weighted by Gasteiger charge is -2.13. The van der Waals surface area contributed by atoms with Crippen molar-refractivity contribution in [3.8, 4) is 0 Å². The fourth-order valence-electron chi connectivity index (χ4n) is 3.02. The maximum absolute atomic E-state index is 12.4. The van der Waals surface area contributed by atoms with Gasteiger partial charge in [0.2, 0.25) is 10.0 Å². The lowest BCUT2D eigenvalue weighted by atomic mass is 9.96. The summed E-state index contributed by atoms with van der Waals surface area (Å²) in [6, 6.07) is 2.61. The molecule has 0 radical (unpaired) electrons. The van der Waals surface area contributed by atoms with Crippen molar-refractivity contribution in [2.24, 2.45) is 0 Å². The standard InChI is InChI=1S/C16H17NO7S/c18-15(19)8-12(16(20)21)17-25(22,23)9-5-6-11-10-3-1-2-4-13(10)24-14(11)7-9/h5-7,12,17H,1-4,8H2,(H,18,19)(H,20,21). The number of benzene rings is 1. The van der Waals surface area contributed by atoms with Gasteiger partial charge < -0.3 is 14.6 Å². The molecule has 0 saturated carbocycles. The smallest absolute Gasteiger partial charge is 0.322 e. The predicted octanol–water partition coefficient (Wildman–Crippen LogP) is 1.52. The molecule has 0 bridgehead atoms. The summed E-state index contributed by atoms with van der Waals surface area (Å²) >= 11 is 0. The van der Waals surface area contributed by atoms with Gasteiger partial charge in [-0.15, -0.1) is 0 Å². The monoisotopic (exact) mass is 367 g/mol. The lowest BCUT2D eigenvalue weighted by molar-refractivity contribution is -0.145. The van der Waals surface area contributed by atoms with Crippen molar-refractivity contribution >= 4 is 32.9 Å². The van der Waals surface area contributed by atoms with Crippen molar-refractivity contribution in [3.63, 3.8) is 0 Å². The first kappa shape index (κ1) is 17.4. The average molecular weight is 367 g/mol. The third kappa shape index (κ3) is 3.52. The lowest BCUT2D eigenvalue weighted by Crippen LogP contribution is -2.42. The van der Waals surface area contributed by atoms with Crippen LogP contribution < -0.4 is 4.72 Å². The topological polar surface area (TPSA) is 134 Å². The number of carboxylic acid groups (broad SMARTS) is 2. The van der Waals surface area contributed by atoms with E-state index in [2.05, 4.69) is 0 Å². The van der Waals surface area contributed by atoms with Crippen LogP contribution in [0.1, 0.15) is 30.6 Å². The Labute approximate surface area is 143 Å². The van der Waals surface area contributed by atoms with Gasteiger partial charge in [-0.05, 0) is 31.4 Å². The third-order valence-electron chi connectivity index (χ3n) is 4.21. The SMILES string of the molecule is O=C(O)CC(NS(=O)(=O)c1ccc2c3c(oc2c1)CCCC3)C(=O)O. The number of hydrogen-bond acceptors (Lipinski definition) is 5. The number of aryl methyl sites for hydroxylation is 2. The van der Waals surface area contributed by atoms with Gasteiger partial charge >= 0.3 is 11.9 Å². The minimum Gasteiger partial charge on any atom is -0.481 e. The fourth-order valence-corrected chi connectivity index (χ4v) is 4.22. The molecule has 0 amide bonds. The number of nitrogens with one attached hydrogen (secondary N) is 1. The van der Waals surface area contributed by atoms with Gasteiger partial charge in [-0.25, -0.2) is 8.42 Å². The molecule has 3 N–H and O–H groups in total. The normalized spacial score (nSPS) is 15.7. The highest BCUT2D eigenvalue weighted by atomic mass is 32.2. The number of aliphatic carboxylic acids is 2. The molecule has 1 aliphatic rings. The van der Waals surface area contributed by atoms with E-state index >= 15 is 0 Å². The summed E-state index contributed by atoms with van der Waals surface area (Å²) in [5.41, 5.74) is 1.52. The molecular weight excluding hydrogens is 350 g/mol. The number of carbonyl (C=O) groups is 2. The molecule has 0 fully saturated rings. The maximum atomic E-state index is 12.4. The molecule has 1 aromatic heterocycles. The van der Waals surface area contributed by atoms with Crippen LogP contribution in [-0.4, -0.2) is 36.6 Å². The summed E-state index contributed by atoms with van der Waals surface area (Å²) in [6.07, 6.45) is 2.91. The zero-order valence-corrected chi connectivity index (χ0v) is 14.0. The zero-order valence-electron chi connectivity index (χ0n) is 13.2. The Morgan fingerprint density at radius 3 is 2.60 bits per heavy atom. The van der Waals surface area contributed by atoms with E-state index in [-0.39, 0.29) is 4.90 Å². The van der Waals surface area contributed by atoms with Crippen molar-refractivity contribution in [3.05, 3.63) is 29.5 Å². The van der Waals surface area contributed by atoms with Crippen LogP contribution in [0, 0.1) is 0 Å². The average Bonchev–Trinajstić information content (AvgIpc) is 2.91. The molecule has 3 rings (SSSR count). The van der Waals surface area contributed by atoms with E-state index in [1.54, 1.807) is 6.07 Å². The van der Waals surface area contributed by atoms with Crippen molar-refractivity contribution in [1.82, 2.24) is 4.72 Å². The molecule has 8 nitrogen and oxygen atoms in total. The number of sulfonamides is 1. The Bertz CT molecular complexity index is 945. The Hall–Kier alpha value is -2.39. The minimum absolute atomic E-state index is 0.164. The van der Waals surface area contributed by atoms with Crippen molar-refractivity contribution in [2.45, 2.75) is 43.0 Å². The molecule has 25 heavy (non-hydrogen) atoms. The summed E-state index contributed by atoms with van der Waals surface area (Å²) in [4.78, 5) is 21.6. The van der Waals surface area contributed by atoms with Crippen LogP contribution >= 0.6 is 0 Å². The van der Waals surface area contributed by atoms with Crippen LogP contribution in [0.15, 0.2) is 27.5 Å². The van der Waals surface area contributed by atoms with Crippen molar-refractivity contribution in [2.75, 3.05) is 0 Å². The van der Waals surface area contributed by atoms with E-state index in [0.29, 0.717) is 5.58 Å². The Morgan fingerprint density at radius 1 is 1.20 bits per heavy atom. The zero-order chi connectivity index (χ0) is 18.2. The number of fused-ring (bicyclic) bond motifs is 3. The summed E-state index contributed by atoms with van der Waals surface area (Å²) in [5, 5.41) is 18.6. The van der Waals surface area contributed by atoms with E-state index in [1.807, 2.05) is 4.72 Å². The Kier molecular flexibility index (Phi) is 4.53. The highest BCUT2D eigenvalue weighted by molar-refractivity contribution is 7.89. The van der Waals surface area contributed by atoms with E-state index in [1.165, 1.54) is 12.1 Å². The van der Waals surface area contributed by atoms with Crippen LogP contribution in [0.25, 0.3) is 11.0 Å². The second-order valence-corrected chi connectivity index (χ2v) is 7.69. The predicted molar refractivity (Wildman–Crippen MR) is 86.9 cm³/mol. The first-order chi connectivity index (χ1) is 11.8. The van der Waals surface area contributed by atoms with Crippen LogP contribution in [0.4, 0.5) is 0 Å². The number of carboxylic acids is 2. The highest BCUT2D eigenvalue weighted by Crippen LogP contribution is 2.33. The summed E-state index contributed by atoms with van der Waals surface area (Å²) in [7, 11) is -4.20. The third-order valence-corrected chi connectivity index (χ3v) is 5.68. The van der Waals surface area contributed by atoms with Crippen LogP contribution in [0.3, 0.4) is 0 Å². The van der Waals surface area contributed by atoms with Gasteiger partial charge in [0, 0.05) is 23.4 Å². The van der Waals surface area contributed by atoms with E-state index in [0.717, 1.165) is 42.4 Å². The summed E-state index contributed by atoms with van der Waals surface area (Å²) in [5.74, 6) is -2.11. The largest absolute Gasteiger partial charge is 0.481 e. The van der Waals surface area contributed by atoms with Crippen LogP contribution in [-0.2, 0) is 32.5 Å². The molecule has 0 saturated heterocycles. The van der Waals surface area contributed by atoms with Gasteiger partial charge in [0.15, 0.2) is 0 Å². The van der Waals surface area contributed by atoms with Crippen LogP contribution in [0.2, 0.25) is 0 Å². The van der Waals surface area contributed by atoms with Gasteiger partial charge in [0.1, 0.15) is 17.4 Å². The molecule has 2 aromatic rings. The number of furan rings is 1. The fraction of sp³-hybridized carbons (Fsp3) is 0.375. The first-order valence-corrected chi connectivity index (χ1v) is 9.27. The van der Waals surface area contributed by atoms with Crippen LogP contribution in [0.5, 0.6) is 0 Å². The summed E-state index contributed by atoms with van der Waals surface area (Å²) in [6.45, 7) is 0. The van der Waals surface area contributed by atoms with Gasteiger partial charge in [0.25, 0.3) is 0 Å². The first-order valence-electron chi connectivity index (χ1n) is 7.79. The number of hydrogen-bond donors (Lipinski definition) is 3. The minimum atomic E-state index is -4.20. The van der Waals surface area contributed by atoms with Gasteiger partial charge in [-0.1, -0.05) is 0 Å². The quantitative estimate of drug-likeness (QED) is 0.704. The second kappa shape index (κ2) is 6.49. The van der Waals surface area contributed by atoms with Gasteiger partial charge in [-0.2, -0.15) is 4.72 Å². The molecule has 1 atom stereocenters. The molecule has 1 unspecified atom stereocenters. The molecule has 1 aromatic carbocycles. The molecule has 0 aliphatic heterocycles. The molecule has 134 valence electrons. The second-order valence-electron chi connectivity index (χ2n) is 5.98. The molecule has 9 heteroatoms. The maximum Gasteiger partial charge on any atom is 0.322 e. The summed E-state index contributed by atoms with van der Waals surface area (Å²) < 4.78 is 32.5. The van der Waals surface area contributed by atoms with Crippen molar-refractivity contribution < 1.29 is 32.6 Å².